The topological polar surface area (TPSA) is 59.0 Å². The lowest BCUT2D eigenvalue weighted by atomic mass is 9.93. The Morgan fingerprint density at radius 2 is 2.25 bits per heavy atom. The summed E-state index contributed by atoms with van der Waals surface area (Å²) in [5.41, 5.74) is 5.84. The molecule has 0 saturated heterocycles. The van der Waals surface area contributed by atoms with Gasteiger partial charge in [-0.3, -0.25) is 0 Å². The van der Waals surface area contributed by atoms with Gasteiger partial charge in [0, 0.05) is 6.42 Å². The molecule has 1 unspecified atom stereocenters. The van der Waals surface area contributed by atoms with Gasteiger partial charge in [0.15, 0.2) is 0 Å². The van der Waals surface area contributed by atoms with Crippen LogP contribution in [-0.4, -0.2) is 19.3 Å². The van der Waals surface area contributed by atoms with E-state index in [-0.39, 0.29) is 6.42 Å². The molecule has 1 rings (SSSR count). The first kappa shape index (κ1) is 12.5. The number of halogens is 1. The largest absolute Gasteiger partial charge is 0.496 e. The Morgan fingerprint density at radius 1 is 1.56 bits per heavy atom. The molecule has 4 heteroatoms. The van der Waals surface area contributed by atoms with Gasteiger partial charge in [0.05, 0.1) is 13.2 Å². The molecule has 0 amide bonds. The van der Waals surface area contributed by atoms with Crippen molar-refractivity contribution in [3.05, 3.63) is 29.3 Å². The Morgan fingerprint density at radius 3 is 2.75 bits per heavy atom. The third-order valence-electron chi connectivity index (χ3n) is 2.46. The van der Waals surface area contributed by atoms with Crippen LogP contribution in [0.15, 0.2) is 18.2 Å². The monoisotopic (exact) mass is 222 g/mol. The molecule has 16 heavy (non-hydrogen) atoms. The minimum Gasteiger partial charge on any atom is -0.496 e. The van der Waals surface area contributed by atoms with Crippen LogP contribution in [0.5, 0.6) is 5.75 Å². The van der Waals surface area contributed by atoms with Crippen molar-refractivity contribution >= 4 is 0 Å². The molecule has 0 bridgehead atoms. The molecule has 0 aliphatic rings. The van der Waals surface area contributed by atoms with Crippen molar-refractivity contribution in [2.75, 3.05) is 13.8 Å². The number of nitrogens with two attached hydrogens (primary N) is 1. The molecule has 2 N–H and O–H groups in total. The van der Waals surface area contributed by atoms with Crippen molar-refractivity contribution in [3.63, 3.8) is 0 Å². The van der Waals surface area contributed by atoms with E-state index in [1.54, 1.807) is 19.2 Å². The summed E-state index contributed by atoms with van der Waals surface area (Å²) in [4.78, 5) is 0. The first-order chi connectivity index (χ1) is 7.56. The van der Waals surface area contributed by atoms with Crippen molar-refractivity contribution in [3.8, 4) is 11.8 Å². The highest BCUT2D eigenvalue weighted by atomic mass is 19.1. The number of methoxy groups -OCH3 is 1. The highest BCUT2D eigenvalue weighted by molar-refractivity contribution is 5.42. The number of alkyl halides is 1. The number of aryl methyl sites for hydroxylation is 1. The van der Waals surface area contributed by atoms with Gasteiger partial charge in [-0.15, -0.1) is 0 Å². The number of nitriles is 1. The summed E-state index contributed by atoms with van der Waals surface area (Å²) in [6.45, 7) is 1.02. The normalized spacial score (nSPS) is 13.9. The van der Waals surface area contributed by atoms with Crippen LogP contribution < -0.4 is 10.5 Å². The first-order valence-electron chi connectivity index (χ1n) is 4.95. The second-order valence-corrected chi connectivity index (χ2v) is 3.85. The second-order valence-electron chi connectivity index (χ2n) is 3.85. The van der Waals surface area contributed by atoms with Crippen LogP contribution >= 0.6 is 0 Å². The summed E-state index contributed by atoms with van der Waals surface area (Å²) in [7, 11) is 1.55. The molecule has 0 spiro atoms. The maximum Gasteiger partial charge on any atom is 0.137 e. The van der Waals surface area contributed by atoms with Crippen molar-refractivity contribution in [1.82, 2.24) is 0 Å². The average molecular weight is 222 g/mol. The Hall–Kier alpha value is -1.60. The van der Waals surface area contributed by atoms with Crippen LogP contribution in [0, 0.1) is 18.3 Å². The smallest absolute Gasteiger partial charge is 0.137 e. The van der Waals surface area contributed by atoms with Crippen LogP contribution in [0.25, 0.3) is 0 Å². The van der Waals surface area contributed by atoms with E-state index < -0.39 is 12.2 Å². The molecule has 1 aromatic rings. The van der Waals surface area contributed by atoms with Gasteiger partial charge in [-0.2, -0.15) is 5.26 Å². The summed E-state index contributed by atoms with van der Waals surface area (Å²) < 4.78 is 17.9. The van der Waals surface area contributed by atoms with E-state index in [0.717, 1.165) is 11.1 Å². The molecule has 0 aliphatic carbocycles. The van der Waals surface area contributed by atoms with Crippen LogP contribution in [0.4, 0.5) is 4.39 Å². The van der Waals surface area contributed by atoms with E-state index in [1.807, 2.05) is 19.1 Å². The molecule has 3 nitrogen and oxygen atoms in total. The molecule has 0 fully saturated rings. The van der Waals surface area contributed by atoms with Gasteiger partial charge in [0.2, 0.25) is 0 Å². The van der Waals surface area contributed by atoms with E-state index in [2.05, 4.69) is 0 Å². The lowest BCUT2D eigenvalue weighted by Crippen LogP contribution is -2.42. The molecular weight excluding hydrogens is 207 g/mol. The average Bonchev–Trinajstić information content (AvgIpc) is 2.29. The molecule has 1 aromatic carbocycles. The Balaban J connectivity index is 3.07. The highest BCUT2D eigenvalue weighted by Crippen LogP contribution is 2.26. The minimum absolute atomic E-state index is 0.144. The van der Waals surface area contributed by atoms with Crippen molar-refractivity contribution in [1.29, 1.82) is 5.26 Å². The summed E-state index contributed by atoms with van der Waals surface area (Å²) in [6.07, 6.45) is 0.144. The van der Waals surface area contributed by atoms with E-state index >= 15 is 0 Å². The number of ether oxygens (including phenoxy) is 1. The molecule has 0 heterocycles. The maximum atomic E-state index is 12.7. The highest BCUT2D eigenvalue weighted by Gasteiger charge is 2.26. The number of benzene rings is 1. The third-order valence-corrected chi connectivity index (χ3v) is 2.46. The second kappa shape index (κ2) is 4.95. The quantitative estimate of drug-likeness (QED) is 0.844. The fourth-order valence-corrected chi connectivity index (χ4v) is 1.60. The van der Waals surface area contributed by atoms with Gasteiger partial charge >= 0.3 is 0 Å². The number of hydrogen-bond acceptors (Lipinski definition) is 3. The van der Waals surface area contributed by atoms with Crippen LogP contribution in [0.3, 0.4) is 0 Å². The molecule has 0 saturated carbocycles. The summed E-state index contributed by atoms with van der Waals surface area (Å²) >= 11 is 0. The zero-order valence-electron chi connectivity index (χ0n) is 9.46. The summed E-state index contributed by atoms with van der Waals surface area (Å²) in [5, 5.41) is 8.82. The standard InChI is InChI=1S/C12H15FN2O/c1-9-4-3-5-10(11(9)16-2)6-12(15,7-13)8-14/h3-5H,6-7,15H2,1-2H3. The molecule has 0 aromatic heterocycles. The molecule has 0 radical (unpaired) electrons. The van der Waals surface area contributed by atoms with Crippen LogP contribution in [0.1, 0.15) is 11.1 Å². The van der Waals surface area contributed by atoms with Gasteiger partial charge in [0.25, 0.3) is 0 Å². The third kappa shape index (κ3) is 2.50. The van der Waals surface area contributed by atoms with Gasteiger partial charge in [-0.05, 0) is 18.1 Å². The van der Waals surface area contributed by atoms with E-state index in [0.29, 0.717) is 5.75 Å². The van der Waals surface area contributed by atoms with Gasteiger partial charge in [0.1, 0.15) is 18.0 Å². The predicted molar refractivity (Wildman–Crippen MR) is 59.9 cm³/mol. The lowest BCUT2D eigenvalue weighted by molar-refractivity contribution is 0.357. The Labute approximate surface area is 94.6 Å². The van der Waals surface area contributed by atoms with Crippen molar-refractivity contribution in [2.45, 2.75) is 18.9 Å². The predicted octanol–water partition coefficient (Wildman–Crippen LogP) is 1.74. The Bertz CT molecular complexity index is 414. The number of hydrogen-bond donors (Lipinski definition) is 1. The maximum absolute atomic E-state index is 12.7. The summed E-state index contributed by atoms with van der Waals surface area (Å²) in [6, 6.07) is 7.31. The van der Waals surface area contributed by atoms with E-state index in [9.17, 15) is 4.39 Å². The van der Waals surface area contributed by atoms with Gasteiger partial charge in [-0.25, -0.2) is 4.39 Å². The van der Waals surface area contributed by atoms with Crippen molar-refractivity contribution < 1.29 is 9.13 Å². The van der Waals surface area contributed by atoms with Gasteiger partial charge in [-0.1, -0.05) is 18.2 Å². The fourth-order valence-electron chi connectivity index (χ4n) is 1.60. The minimum atomic E-state index is -1.47. The fraction of sp³-hybridized carbons (Fsp3) is 0.417. The zero-order chi connectivity index (χ0) is 12.2. The van der Waals surface area contributed by atoms with E-state index in [1.165, 1.54) is 0 Å². The first-order valence-corrected chi connectivity index (χ1v) is 4.95. The molecule has 0 aliphatic heterocycles. The molecular formula is C12H15FN2O. The summed E-state index contributed by atoms with van der Waals surface area (Å²) in [5.74, 6) is 0.668. The van der Waals surface area contributed by atoms with Crippen LogP contribution in [0.2, 0.25) is 0 Å². The number of para-hydroxylation sites is 1. The van der Waals surface area contributed by atoms with Crippen molar-refractivity contribution in [2.24, 2.45) is 5.73 Å². The molecule has 1 atom stereocenters. The SMILES string of the molecule is COc1c(C)cccc1CC(N)(C#N)CF. The number of rotatable bonds is 4. The molecule has 86 valence electrons. The van der Waals surface area contributed by atoms with E-state index in [4.69, 9.17) is 15.7 Å². The van der Waals surface area contributed by atoms with Gasteiger partial charge < -0.3 is 10.5 Å². The lowest BCUT2D eigenvalue weighted by Gasteiger charge is -2.19. The number of nitrogens with zero attached hydrogens (tertiary/aromatic N) is 1. The zero-order valence-corrected chi connectivity index (χ0v) is 9.46. The van der Waals surface area contributed by atoms with Crippen LogP contribution in [-0.2, 0) is 6.42 Å². The Kier molecular flexibility index (Phi) is 3.86.